The molecule has 1 rings (SSSR count). The van der Waals surface area contributed by atoms with Crippen LogP contribution in [0, 0.1) is 0 Å². The summed E-state index contributed by atoms with van der Waals surface area (Å²) in [5.41, 5.74) is 1.35. The predicted octanol–water partition coefficient (Wildman–Crippen LogP) is 7.55. The summed E-state index contributed by atoms with van der Waals surface area (Å²) >= 11 is 0. The first kappa shape index (κ1) is 26.7. The van der Waals surface area contributed by atoms with Crippen LogP contribution in [-0.4, -0.2) is 56.5 Å². The van der Waals surface area contributed by atoms with Gasteiger partial charge in [-0.2, -0.15) is 0 Å². The number of unbranched alkanes of at least 4 members (excludes halogenated alkanes) is 15. The second kappa shape index (κ2) is 20.4. The van der Waals surface area contributed by atoms with Crippen LogP contribution in [-0.2, 0) is 6.42 Å². The summed E-state index contributed by atoms with van der Waals surface area (Å²) in [5, 5.41) is 9.27. The van der Waals surface area contributed by atoms with E-state index in [0.717, 1.165) is 6.42 Å². The zero-order valence-electron chi connectivity index (χ0n) is 16.8. The molecular weight excluding hydrogens is 343 g/mol. The average Bonchev–Trinajstić information content (AvgIpc) is 2.63. The molecule has 0 bridgehead atoms. The summed E-state index contributed by atoms with van der Waals surface area (Å²) < 4.78 is 0. The second-order valence-corrected chi connectivity index (χ2v) is 7.72. The van der Waals surface area contributed by atoms with Gasteiger partial charge < -0.3 is 5.11 Å². The van der Waals surface area contributed by atoms with E-state index in [1.165, 1.54) is 108 Å². The van der Waals surface area contributed by atoms with Crippen molar-refractivity contribution in [2.45, 2.75) is 116 Å². The van der Waals surface area contributed by atoms with Gasteiger partial charge in [-0.3, -0.25) is 0 Å². The summed E-state index contributed by atoms with van der Waals surface area (Å²) in [4.78, 5) is 0. The van der Waals surface area contributed by atoms with Crippen LogP contribution in [0.15, 0.2) is 24.3 Å². The number of aromatic hydroxyl groups is 1. The molecule has 0 heterocycles. The number of aryl methyl sites for hydroxylation is 1. The predicted molar refractivity (Wildman–Crippen MR) is 119 cm³/mol. The number of hydrogen-bond donors (Lipinski definition) is 1. The third-order valence-electron chi connectivity index (χ3n) is 5.26. The van der Waals surface area contributed by atoms with Gasteiger partial charge in [0.05, 0.1) is 0 Å². The molecule has 2 heteroatoms. The molecule has 0 atom stereocenters. The van der Waals surface area contributed by atoms with Gasteiger partial charge in [-0.05, 0) is 30.5 Å². The minimum atomic E-state index is 0. The quantitative estimate of drug-likeness (QED) is 0.216. The fourth-order valence-electron chi connectivity index (χ4n) is 3.54. The molecule has 0 saturated carbocycles. The van der Waals surface area contributed by atoms with Gasteiger partial charge >= 0.3 is 51.4 Å². The van der Waals surface area contributed by atoms with Gasteiger partial charge in [-0.25, -0.2) is 0 Å². The number of benzene rings is 1. The van der Waals surface area contributed by atoms with Crippen molar-refractivity contribution in [2.24, 2.45) is 0 Å². The summed E-state index contributed by atoms with van der Waals surface area (Å²) in [6.07, 6.45) is 23.9. The Labute approximate surface area is 206 Å². The molecule has 1 aromatic rings. The average molecular weight is 387 g/mol. The first-order valence-corrected chi connectivity index (χ1v) is 11.1. The normalized spacial score (nSPS) is 10.7. The maximum atomic E-state index is 9.27. The SMILES string of the molecule is CCCCCCCCCCCCCCCCCCc1ccc(O)cc1.[KH]. The Morgan fingerprint density at radius 3 is 1.27 bits per heavy atom. The Balaban J connectivity index is 0.00000625. The Kier molecular flexibility index (Phi) is 20.9. The van der Waals surface area contributed by atoms with Crippen molar-refractivity contribution in [1.82, 2.24) is 0 Å². The van der Waals surface area contributed by atoms with Crippen LogP contribution in [0.1, 0.15) is 115 Å². The molecule has 1 aromatic carbocycles. The van der Waals surface area contributed by atoms with E-state index in [0.29, 0.717) is 5.75 Å². The third kappa shape index (κ3) is 16.8. The molecule has 1 N–H and O–H groups in total. The van der Waals surface area contributed by atoms with Crippen LogP contribution in [0.3, 0.4) is 0 Å². The Morgan fingerprint density at radius 2 is 0.885 bits per heavy atom. The van der Waals surface area contributed by atoms with Gasteiger partial charge in [0.1, 0.15) is 5.75 Å². The number of phenols is 1. The van der Waals surface area contributed by atoms with E-state index in [1.807, 2.05) is 12.1 Å². The Bertz CT molecular complexity index is 388. The third-order valence-corrected chi connectivity index (χ3v) is 5.26. The van der Waals surface area contributed by atoms with Crippen molar-refractivity contribution in [1.29, 1.82) is 0 Å². The molecule has 0 aliphatic heterocycles. The molecule has 0 fully saturated rings. The monoisotopic (exact) mass is 386 g/mol. The van der Waals surface area contributed by atoms with Crippen LogP contribution in [0.5, 0.6) is 5.75 Å². The molecule has 0 radical (unpaired) electrons. The molecular formula is C24H43KO. The standard InChI is InChI=1S/C24H42O.K.H/c1-2-3-4-5-6-7-8-9-10-11-12-13-14-15-16-17-18-23-19-21-24(25)22-20-23;;/h19-22,25H,2-18H2,1H3;;. The summed E-state index contributed by atoms with van der Waals surface area (Å²) in [6.45, 7) is 2.29. The molecule has 0 unspecified atom stereocenters. The molecule has 0 saturated heterocycles. The van der Waals surface area contributed by atoms with E-state index in [1.54, 1.807) is 12.1 Å². The van der Waals surface area contributed by atoms with Crippen molar-refractivity contribution in [3.05, 3.63) is 29.8 Å². The zero-order chi connectivity index (χ0) is 18.0. The van der Waals surface area contributed by atoms with Gasteiger partial charge in [0, 0.05) is 0 Å². The molecule has 26 heavy (non-hydrogen) atoms. The fourth-order valence-corrected chi connectivity index (χ4v) is 3.54. The summed E-state index contributed by atoms with van der Waals surface area (Å²) in [6, 6.07) is 7.67. The summed E-state index contributed by atoms with van der Waals surface area (Å²) in [7, 11) is 0. The van der Waals surface area contributed by atoms with Crippen LogP contribution < -0.4 is 0 Å². The number of phenolic OH excluding ortho intramolecular Hbond substituents is 1. The van der Waals surface area contributed by atoms with Crippen molar-refractivity contribution < 1.29 is 5.11 Å². The molecule has 146 valence electrons. The van der Waals surface area contributed by atoms with Gasteiger partial charge in [-0.15, -0.1) is 0 Å². The molecule has 0 aliphatic rings. The van der Waals surface area contributed by atoms with E-state index in [9.17, 15) is 5.11 Å². The first-order valence-electron chi connectivity index (χ1n) is 11.1. The molecule has 1 nitrogen and oxygen atoms in total. The van der Waals surface area contributed by atoms with Crippen LogP contribution >= 0.6 is 0 Å². The Hall–Kier alpha value is 0.656. The van der Waals surface area contributed by atoms with E-state index in [-0.39, 0.29) is 51.4 Å². The van der Waals surface area contributed by atoms with E-state index in [4.69, 9.17) is 0 Å². The van der Waals surface area contributed by atoms with Gasteiger partial charge in [0.25, 0.3) is 0 Å². The molecule has 0 amide bonds. The van der Waals surface area contributed by atoms with Crippen molar-refractivity contribution in [3.63, 3.8) is 0 Å². The minimum absolute atomic E-state index is 0. The van der Waals surface area contributed by atoms with Crippen LogP contribution in [0.4, 0.5) is 0 Å². The topological polar surface area (TPSA) is 20.2 Å². The Morgan fingerprint density at radius 1 is 0.538 bits per heavy atom. The molecule has 0 aromatic heterocycles. The van der Waals surface area contributed by atoms with Crippen molar-refractivity contribution in [2.75, 3.05) is 0 Å². The number of hydrogen-bond acceptors (Lipinski definition) is 1. The van der Waals surface area contributed by atoms with Crippen molar-refractivity contribution >= 4 is 51.4 Å². The van der Waals surface area contributed by atoms with Crippen LogP contribution in [0.2, 0.25) is 0 Å². The van der Waals surface area contributed by atoms with Crippen molar-refractivity contribution in [3.8, 4) is 5.75 Å². The second-order valence-electron chi connectivity index (χ2n) is 7.72. The zero-order valence-corrected chi connectivity index (χ0v) is 16.8. The molecule has 0 spiro atoms. The van der Waals surface area contributed by atoms with Crippen LogP contribution in [0.25, 0.3) is 0 Å². The van der Waals surface area contributed by atoms with Gasteiger partial charge in [0.2, 0.25) is 0 Å². The molecule has 0 aliphatic carbocycles. The number of rotatable bonds is 17. The van der Waals surface area contributed by atoms with Gasteiger partial charge in [0.15, 0.2) is 0 Å². The van der Waals surface area contributed by atoms with E-state index in [2.05, 4.69) is 6.92 Å². The van der Waals surface area contributed by atoms with E-state index < -0.39 is 0 Å². The van der Waals surface area contributed by atoms with Gasteiger partial charge in [-0.1, -0.05) is 115 Å². The first-order chi connectivity index (χ1) is 12.3. The van der Waals surface area contributed by atoms with E-state index >= 15 is 0 Å². The summed E-state index contributed by atoms with van der Waals surface area (Å²) in [5.74, 6) is 0.371. The fraction of sp³-hybridized carbons (Fsp3) is 0.750. The maximum absolute atomic E-state index is 9.27.